The molecule has 0 saturated carbocycles. The van der Waals surface area contributed by atoms with Gasteiger partial charge in [-0.3, -0.25) is 4.79 Å². The molecule has 2 aromatic heterocycles. The molecule has 0 radical (unpaired) electrons. The lowest BCUT2D eigenvalue weighted by Crippen LogP contribution is -2.29. The van der Waals surface area contributed by atoms with Crippen LogP contribution in [0.15, 0.2) is 29.6 Å². The second-order valence-corrected chi connectivity index (χ2v) is 8.64. The van der Waals surface area contributed by atoms with Gasteiger partial charge >= 0.3 is 0 Å². The van der Waals surface area contributed by atoms with Gasteiger partial charge in [0.2, 0.25) is 5.91 Å². The fraction of sp³-hybridized carbons (Fsp3) is 0.368. The summed E-state index contributed by atoms with van der Waals surface area (Å²) in [6.07, 6.45) is 5.10. The number of piperidine rings is 1. The molecule has 1 aliphatic heterocycles. The van der Waals surface area contributed by atoms with Crippen LogP contribution in [-0.4, -0.2) is 39.7 Å². The number of thioether (sulfide) groups is 1. The van der Waals surface area contributed by atoms with E-state index in [2.05, 4.69) is 25.2 Å². The van der Waals surface area contributed by atoms with Crippen molar-refractivity contribution >= 4 is 50.2 Å². The standard InChI is InChI=1S/C19H20FN5OS2/c1-12-5-6-14(13(20)9-12)23-15(26)10-27-18-16-17(21-11-22-18)24-19(28-16)25-7-3-2-4-8-25/h5-6,9,11H,2-4,7-8,10H2,1H3,(H,23,26). The predicted molar refractivity (Wildman–Crippen MR) is 112 cm³/mol. The number of amides is 1. The molecule has 1 saturated heterocycles. The Hall–Kier alpha value is -2.26. The van der Waals surface area contributed by atoms with E-state index in [0.717, 1.165) is 33.5 Å². The molecule has 4 rings (SSSR count). The van der Waals surface area contributed by atoms with E-state index in [4.69, 9.17) is 0 Å². The Morgan fingerprint density at radius 3 is 2.89 bits per heavy atom. The van der Waals surface area contributed by atoms with Gasteiger partial charge in [-0.1, -0.05) is 29.2 Å². The molecule has 1 amide bonds. The summed E-state index contributed by atoms with van der Waals surface area (Å²) in [6.45, 7) is 3.83. The lowest BCUT2D eigenvalue weighted by atomic mass is 10.1. The monoisotopic (exact) mass is 417 g/mol. The molecule has 1 N–H and O–H groups in total. The molecular formula is C19H20FN5OS2. The van der Waals surface area contributed by atoms with Gasteiger partial charge in [0.15, 0.2) is 10.8 Å². The van der Waals surface area contributed by atoms with Crippen molar-refractivity contribution in [2.24, 2.45) is 0 Å². The lowest BCUT2D eigenvalue weighted by Gasteiger charge is -2.25. The third kappa shape index (κ3) is 4.25. The van der Waals surface area contributed by atoms with Crippen LogP contribution in [0.4, 0.5) is 15.2 Å². The number of carbonyl (C=O) groups excluding carboxylic acids is 1. The van der Waals surface area contributed by atoms with Crippen LogP contribution in [-0.2, 0) is 4.79 Å². The highest BCUT2D eigenvalue weighted by Crippen LogP contribution is 2.34. The summed E-state index contributed by atoms with van der Waals surface area (Å²) in [5.74, 6) is -0.576. The predicted octanol–water partition coefficient (Wildman–Crippen LogP) is 4.25. The van der Waals surface area contributed by atoms with Crippen molar-refractivity contribution in [1.29, 1.82) is 0 Å². The minimum absolute atomic E-state index is 0.135. The first-order valence-electron chi connectivity index (χ1n) is 9.15. The van der Waals surface area contributed by atoms with Crippen molar-refractivity contribution in [3.05, 3.63) is 35.9 Å². The van der Waals surface area contributed by atoms with Gasteiger partial charge in [0.1, 0.15) is 21.9 Å². The van der Waals surface area contributed by atoms with Crippen LogP contribution in [0, 0.1) is 12.7 Å². The van der Waals surface area contributed by atoms with Crippen molar-refractivity contribution < 1.29 is 9.18 Å². The molecule has 6 nitrogen and oxygen atoms in total. The van der Waals surface area contributed by atoms with Crippen molar-refractivity contribution in [2.45, 2.75) is 31.2 Å². The van der Waals surface area contributed by atoms with E-state index in [0.29, 0.717) is 5.65 Å². The first-order valence-corrected chi connectivity index (χ1v) is 11.0. The van der Waals surface area contributed by atoms with E-state index in [9.17, 15) is 9.18 Å². The summed E-state index contributed by atoms with van der Waals surface area (Å²) in [5, 5.41) is 4.30. The third-order valence-electron chi connectivity index (χ3n) is 4.51. The minimum atomic E-state index is -0.434. The van der Waals surface area contributed by atoms with Crippen LogP contribution in [0.1, 0.15) is 24.8 Å². The number of anilines is 2. The first-order chi connectivity index (χ1) is 13.6. The number of benzene rings is 1. The van der Waals surface area contributed by atoms with Gasteiger partial charge in [0.05, 0.1) is 11.4 Å². The maximum Gasteiger partial charge on any atom is 0.234 e. The van der Waals surface area contributed by atoms with Gasteiger partial charge in [-0.05, 0) is 43.9 Å². The summed E-state index contributed by atoms with van der Waals surface area (Å²) in [6, 6.07) is 4.74. The Labute approximate surface area is 170 Å². The Kier molecular flexibility index (Phi) is 5.72. The zero-order valence-corrected chi connectivity index (χ0v) is 17.1. The molecule has 3 heterocycles. The number of hydrogen-bond acceptors (Lipinski definition) is 7. The van der Waals surface area contributed by atoms with Crippen LogP contribution < -0.4 is 10.2 Å². The van der Waals surface area contributed by atoms with Gasteiger partial charge in [0.25, 0.3) is 0 Å². The number of aryl methyl sites for hydroxylation is 1. The fourth-order valence-corrected chi connectivity index (χ4v) is 5.03. The van der Waals surface area contributed by atoms with Gasteiger partial charge in [0, 0.05) is 13.1 Å². The summed E-state index contributed by atoms with van der Waals surface area (Å²) in [4.78, 5) is 27.8. The number of carbonyl (C=O) groups is 1. The van der Waals surface area contributed by atoms with E-state index < -0.39 is 5.82 Å². The summed E-state index contributed by atoms with van der Waals surface area (Å²) >= 11 is 2.88. The largest absolute Gasteiger partial charge is 0.348 e. The van der Waals surface area contributed by atoms with Crippen LogP contribution in [0.3, 0.4) is 0 Å². The summed E-state index contributed by atoms with van der Waals surface area (Å²) in [7, 11) is 0. The average molecular weight is 418 g/mol. The molecule has 28 heavy (non-hydrogen) atoms. The smallest absolute Gasteiger partial charge is 0.234 e. The lowest BCUT2D eigenvalue weighted by molar-refractivity contribution is -0.113. The second-order valence-electron chi connectivity index (χ2n) is 6.70. The number of aromatic nitrogens is 3. The van der Waals surface area contributed by atoms with Crippen molar-refractivity contribution in [3.8, 4) is 0 Å². The normalized spacial score (nSPS) is 14.4. The van der Waals surface area contributed by atoms with Crippen LogP contribution in [0.2, 0.25) is 0 Å². The Morgan fingerprint density at radius 1 is 1.29 bits per heavy atom. The molecule has 0 aliphatic carbocycles. The van der Waals surface area contributed by atoms with Crippen molar-refractivity contribution in [3.63, 3.8) is 0 Å². The molecule has 1 aromatic carbocycles. The highest BCUT2D eigenvalue weighted by atomic mass is 32.2. The van der Waals surface area contributed by atoms with Gasteiger partial charge in [-0.25, -0.2) is 14.4 Å². The zero-order valence-electron chi connectivity index (χ0n) is 15.4. The summed E-state index contributed by atoms with van der Waals surface area (Å²) < 4.78 is 14.8. The fourth-order valence-electron chi connectivity index (χ4n) is 3.09. The summed E-state index contributed by atoms with van der Waals surface area (Å²) in [5.41, 5.74) is 1.66. The Morgan fingerprint density at radius 2 is 2.11 bits per heavy atom. The number of halogens is 1. The van der Waals surface area contributed by atoms with Crippen molar-refractivity contribution in [1.82, 2.24) is 15.0 Å². The molecule has 1 fully saturated rings. The average Bonchev–Trinajstić information content (AvgIpc) is 3.14. The third-order valence-corrected chi connectivity index (χ3v) is 6.74. The van der Waals surface area contributed by atoms with E-state index >= 15 is 0 Å². The zero-order chi connectivity index (χ0) is 19.5. The van der Waals surface area contributed by atoms with E-state index in [1.54, 1.807) is 30.4 Å². The molecule has 0 unspecified atom stereocenters. The molecule has 0 atom stereocenters. The first kappa shape index (κ1) is 19.1. The molecule has 3 aromatic rings. The van der Waals surface area contributed by atoms with Crippen LogP contribution in [0.5, 0.6) is 0 Å². The number of thiazole rings is 1. The Bertz CT molecular complexity index is 1000. The SMILES string of the molecule is Cc1ccc(NC(=O)CSc2ncnc3nc(N4CCCCC4)sc23)c(F)c1. The molecular weight excluding hydrogens is 397 g/mol. The van der Waals surface area contributed by atoms with E-state index in [-0.39, 0.29) is 17.3 Å². The number of fused-ring (bicyclic) bond motifs is 1. The number of hydrogen-bond donors (Lipinski definition) is 1. The topological polar surface area (TPSA) is 71.0 Å². The van der Waals surface area contributed by atoms with Gasteiger partial charge in [-0.15, -0.1) is 0 Å². The van der Waals surface area contributed by atoms with Crippen LogP contribution in [0.25, 0.3) is 10.3 Å². The number of nitrogens with zero attached hydrogens (tertiary/aromatic N) is 4. The van der Waals surface area contributed by atoms with Gasteiger partial charge in [-0.2, -0.15) is 4.98 Å². The second kappa shape index (κ2) is 8.40. The van der Waals surface area contributed by atoms with Crippen LogP contribution >= 0.6 is 23.1 Å². The molecule has 0 bridgehead atoms. The van der Waals surface area contributed by atoms with Crippen molar-refractivity contribution in [2.75, 3.05) is 29.1 Å². The Balaban J connectivity index is 1.45. The molecule has 9 heteroatoms. The molecule has 0 spiro atoms. The minimum Gasteiger partial charge on any atom is -0.348 e. The highest BCUT2D eigenvalue weighted by Gasteiger charge is 2.18. The van der Waals surface area contributed by atoms with Gasteiger partial charge < -0.3 is 10.2 Å². The number of nitrogens with one attached hydrogen (secondary N) is 1. The molecule has 1 aliphatic rings. The maximum absolute atomic E-state index is 13.9. The van der Waals surface area contributed by atoms with E-state index in [1.807, 2.05) is 0 Å². The quantitative estimate of drug-likeness (QED) is 0.494. The highest BCUT2D eigenvalue weighted by molar-refractivity contribution is 8.00. The van der Waals surface area contributed by atoms with E-state index in [1.165, 1.54) is 43.4 Å². The maximum atomic E-state index is 13.9. The number of rotatable bonds is 5. The molecule has 146 valence electrons.